The first-order chi connectivity index (χ1) is 7.89. The minimum Gasteiger partial charge on any atom is -0.420 e. The summed E-state index contributed by atoms with van der Waals surface area (Å²) in [6.45, 7) is 6.89. The van der Waals surface area contributed by atoms with Gasteiger partial charge in [0.2, 0.25) is 0 Å². The number of hydrogen-bond acceptors (Lipinski definition) is 4. The highest BCUT2D eigenvalue weighted by Gasteiger charge is 2.23. The minimum absolute atomic E-state index is 0.495. The summed E-state index contributed by atoms with van der Waals surface area (Å²) in [5.41, 5.74) is 0. The second-order valence-corrected chi connectivity index (χ2v) is 11.5. The molecular formula is C11H27O4PSi. The summed E-state index contributed by atoms with van der Waals surface area (Å²) >= 11 is 0. The zero-order chi connectivity index (χ0) is 13.4. The molecule has 0 bridgehead atoms. The lowest BCUT2D eigenvalue weighted by Gasteiger charge is -2.21. The molecule has 0 aliphatic rings. The predicted octanol–water partition coefficient (Wildman–Crippen LogP) is 3.88. The maximum Gasteiger partial charge on any atom is 0.330 e. The Labute approximate surface area is 107 Å². The standard InChI is InChI=1S/C11H27O4PSi/c1-6-7-10-16(12,13-2)15-9-8-11-17(4,5)14-3/h6-11H2,1-5H3. The molecule has 0 rings (SSSR count). The van der Waals surface area contributed by atoms with E-state index >= 15 is 0 Å². The molecule has 0 aromatic heterocycles. The van der Waals surface area contributed by atoms with E-state index in [0.29, 0.717) is 12.8 Å². The van der Waals surface area contributed by atoms with E-state index < -0.39 is 15.9 Å². The van der Waals surface area contributed by atoms with Crippen molar-refractivity contribution in [2.45, 2.75) is 45.3 Å². The van der Waals surface area contributed by atoms with Gasteiger partial charge in [0.25, 0.3) is 0 Å². The third kappa shape index (κ3) is 8.11. The molecule has 0 spiro atoms. The van der Waals surface area contributed by atoms with Crippen molar-refractivity contribution in [3.05, 3.63) is 0 Å². The molecule has 6 heteroatoms. The Hall–Kier alpha value is 0.327. The van der Waals surface area contributed by atoms with Crippen LogP contribution in [0, 0.1) is 0 Å². The monoisotopic (exact) mass is 282 g/mol. The van der Waals surface area contributed by atoms with Gasteiger partial charge in [0.1, 0.15) is 0 Å². The van der Waals surface area contributed by atoms with Crippen LogP contribution in [0.2, 0.25) is 19.1 Å². The van der Waals surface area contributed by atoms with Crippen molar-refractivity contribution in [1.29, 1.82) is 0 Å². The molecule has 104 valence electrons. The van der Waals surface area contributed by atoms with Gasteiger partial charge in [-0.15, -0.1) is 0 Å². The highest BCUT2D eigenvalue weighted by Crippen LogP contribution is 2.48. The van der Waals surface area contributed by atoms with Gasteiger partial charge >= 0.3 is 7.60 Å². The van der Waals surface area contributed by atoms with Gasteiger partial charge in [-0.2, -0.15) is 0 Å². The van der Waals surface area contributed by atoms with E-state index in [1.807, 2.05) is 0 Å². The van der Waals surface area contributed by atoms with Crippen LogP contribution < -0.4 is 0 Å². The van der Waals surface area contributed by atoms with Crippen LogP contribution in [0.5, 0.6) is 0 Å². The molecule has 0 radical (unpaired) electrons. The normalized spacial score (nSPS) is 15.8. The van der Waals surface area contributed by atoms with Gasteiger partial charge in [-0.3, -0.25) is 4.57 Å². The Kier molecular flexibility index (Phi) is 8.59. The summed E-state index contributed by atoms with van der Waals surface area (Å²) < 4.78 is 27.9. The van der Waals surface area contributed by atoms with E-state index in [4.69, 9.17) is 13.5 Å². The SMILES string of the molecule is CCCCP(=O)(OC)OCCC[Si](C)(C)OC. The van der Waals surface area contributed by atoms with Crippen molar-refractivity contribution in [1.82, 2.24) is 0 Å². The molecule has 1 atom stereocenters. The zero-order valence-corrected chi connectivity index (χ0v) is 13.7. The Morgan fingerprint density at radius 2 is 1.82 bits per heavy atom. The summed E-state index contributed by atoms with van der Waals surface area (Å²) in [5.74, 6) is 0. The fraction of sp³-hybridized carbons (Fsp3) is 1.00. The first kappa shape index (κ1) is 17.3. The zero-order valence-electron chi connectivity index (χ0n) is 11.8. The predicted molar refractivity (Wildman–Crippen MR) is 74.3 cm³/mol. The lowest BCUT2D eigenvalue weighted by atomic mass is 10.4. The van der Waals surface area contributed by atoms with Crippen LogP contribution in [0.25, 0.3) is 0 Å². The first-order valence-electron chi connectivity index (χ1n) is 6.23. The van der Waals surface area contributed by atoms with Gasteiger partial charge in [-0.05, 0) is 32.0 Å². The average molecular weight is 282 g/mol. The minimum atomic E-state index is -2.83. The molecule has 0 aromatic carbocycles. The van der Waals surface area contributed by atoms with E-state index in [1.54, 1.807) is 7.11 Å². The van der Waals surface area contributed by atoms with Crippen LogP contribution in [0.3, 0.4) is 0 Å². The molecular weight excluding hydrogens is 255 g/mol. The Bertz CT molecular complexity index is 246. The van der Waals surface area contributed by atoms with Gasteiger partial charge in [-0.25, -0.2) is 0 Å². The van der Waals surface area contributed by atoms with E-state index in [0.717, 1.165) is 25.3 Å². The largest absolute Gasteiger partial charge is 0.420 e. The smallest absolute Gasteiger partial charge is 0.330 e. The third-order valence-electron chi connectivity index (χ3n) is 2.83. The molecule has 0 aromatic rings. The number of hydrogen-bond donors (Lipinski definition) is 0. The summed E-state index contributed by atoms with van der Waals surface area (Å²) in [6, 6.07) is 1.01. The van der Waals surface area contributed by atoms with Gasteiger partial charge in [0.15, 0.2) is 8.32 Å². The van der Waals surface area contributed by atoms with Crippen LogP contribution in [0.4, 0.5) is 0 Å². The Morgan fingerprint density at radius 1 is 1.18 bits per heavy atom. The summed E-state index contributed by atoms with van der Waals surface area (Å²) in [6.07, 6.45) is 3.28. The molecule has 0 saturated carbocycles. The van der Waals surface area contributed by atoms with Crippen LogP contribution in [-0.2, 0) is 18.0 Å². The molecule has 4 nitrogen and oxygen atoms in total. The van der Waals surface area contributed by atoms with E-state index in [2.05, 4.69) is 20.0 Å². The molecule has 0 N–H and O–H groups in total. The highest BCUT2D eigenvalue weighted by molar-refractivity contribution is 7.53. The highest BCUT2D eigenvalue weighted by atomic mass is 31.2. The number of rotatable bonds is 10. The molecule has 17 heavy (non-hydrogen) atoms. The molecule has 0 aliphatic heterocycles. The second-order valence-electron chi connectivity index (χ2n) is 4.77. The van der Waals surface area contributed by atoms with Crippen LogP contribution in [-0.4, -0.2) is 35.3 Å². The van der Waals surface area contributed by atoms with Crippen molar-refractivity contribution >= 4 is 15.9 Å². The van der Waals surface area contributed by atoms with Crippen molar-refractivity contribution in [2.24, 2.45) is 0 Å². The topological polar surface area (TPSA) is 44.8 Å². The van der Waals surface area contributed by atoms with E-state index in [1.165, 1.54) is 7.11 Å². The van der Waals surface area contributed by atoms with Crippen molar-refractivity contribution < 1.29 is 18.0 Å². The van der Waals surface area contributed by atoms with Crippen molar-refractivity contribution in [2.75, 3.05) is 27.0 Å². The molecule has 0 aliphatic carbocycles. The number of unbranched alkanes of at least 4 members (excludes halogenated alkanes) is 1. The van der Waals surface area contributed by atoms with Crippen LogP contribution >= 0.6 is 7.60 Å². The molecule has 1 unspecified atom stereocenters. The van der Waals surface area contributed by atoms with Gasteiger partial charge < -0.3 is 13.5 Å². The third-order valence-corrected chi connectivity index (χ3v) is 7.49. The molecule has 0 heterocycles. The van der Waals surface area contributed by atoms with E-state index in [-0.39, 0.29) is 0 Å². The fourth-order valence-corrected chi connectivity index (χ4v) is 4.09. The van der Waals surface area contributed by atoms with Crippen LogP contribution in [0.15, 0.2) is 0 Å². The Morgan fingerprint density at radius 3 is 2.29 bits per heavy atom. The molecule has 0 fully saturated rings. The summed E-state index contributed by atoms with van der Waals surface area (Å²) in [5, 5.41) is 0. The summed E-state index contributed by atoms with van der Waals surface area (Å²) in [4.78, 5) is 0. The van der Waals surface area contributed by atoms with E-state index in [9.17, 15) is 4.57 Å². The Balaban J connectivity index is 3.88. The van der Waals surface area contributed by atoms with Gasteiger partial charge in [0, 0.05) is 14.2 Å². The lowest BCUT2D eigenvalue weighted by molar-refractivity contribution is 0.232. The quantitative estimate of drug-likeness (QED) is 0.346. The fourth-order valence-electron chi connectivity index (χ4n) is 1.36. The van der Waals surface area contributed by atoms with Crippen molar-refractivity contribution in [3.63, 3.8) is 0 Å². The van der Waals surface area contributed by atoms with Gasteiger partial charge in [0.05, 0.1) is 12.8 Å². The molecule has 0 saturated heterocycles. The van der Waals surface area contributed by atoms with Gasteiger partial charge in [-0.1, -0.05) is 13.3 Å². The first-order valence-corrected chi connectivity index (χ1v) is 11.1. The maximum absolute atomic E-state index is 12.1. The second kappa shape index (κ2) is 8.43. The maximum atomic E-state index is 12.1. The van der Waals surface area contributed by atoms with Crippen molar-refractivity contribution in [3.8, 4) is 0 Å². The van der Waals surface area contributed by atoms with Crippen LogP contribution in [0.1, 0.15) is 26.2 Å². The molecule has 0 amide bonds. The average Bonchev–Trinajstić information content (AvgIpc) is 2.32. The lowest BCUT2D eigenvalue weighted by Crippen LogP contribution is -2.28. The summed E-state index contributed by atoms with van der Waals surface area (Å²) in [7, 11) is -1.13.